The Morgan fingerprint density at radius 2 is 2.09 bits per heavy atom. The second-order valence-electron chi connectivity index (χ2n) is 2.20. The van der Waals surface area contributed by atoms with Crippen molar-refractivity contribution in [3.8, 4) is 0 Å². The molecule has 1 rings (SSSR count). The Labute approximate surface area is 65.6 Å². The third-order valence-electron chi connectivity index (χ3n) is 1.24. The predicted molar refractivity (Wildman–Crippen MR) is 41.5 cm³/mol. The van der Waals surface area contributed by atoms with Crippen LogP contribution in [0.25, 0.3) is 0 Å². The SMILES string of the molecule is CCCOC(=O)n1cccc1. The van der Waals surface area contributed by atoms with Crippen molar-refractivity contribution in [2.24, 2.45) is 0 Å². The van der Waals surface area contributed by atoms with E-state index in [4.69, 9.17) is 4.74 Å². The second kappa shape index (κ2) is 3.81. The highest BCUT2D eigenvalue weighted by molar-refractivity contribution is 5.70. The van der Waals surface area contributed by atoms with Gasteiger partial charge in [-0.15, -0.1) is 0 Å². The van der Waals surface area contributed by atoms with Crippen LogP contribution < -0.4 is 0 Å². The van der Waals surface area contributed by atoms with Crippen LogP contribution in [0.15, 0.2) is 24.5 Å². The van der Waals surface area contributed by atoms with Crippen molar-refractivity contribution in [2.75, 3.05) is 6.61 Å². The monoisotopic (exact) mass is 153 g/mol. The molecule has 3 nitrogen and oxygen atoms in total. The highest BCUT2D eigenvalue weighted by Gasteiger charge is 2.00. The van der Waals surface area contributed by atoms with Crippen molar-refractivity contribution < 1.29 is 9.53 Å². The third kappa shape index (κ3) is 2.11. The van der Waals surface area contributed by atoms with Gasteiger partial charge in [-0.1, -0.05) is 6.92 Å². The first-order chi connectivity index (χ1) is 5.34. The van der Waals surface area contributed by atoms with Gasteiger partial charge in [0.25, 0.3) is 0 Å². The molecule has 1 aromatic heterocycles. The van der Waals surface area contributed by atoms with E-state index in [9.17, 15) is 4.79 Å². The van der Waals surface area contributed by atoms with Gasteiger partial charge in [0.05, 0.1) is 6.61 Å². The molecule has 0 aliphatic heterocycles. The van der Waals surface area contributed by atoms with Crippen molar-refractivity contribution in [2.45, 2.75) is 13.3 Å². The molecule has 0 radical (unpaired) electrons. The summed E-state index contributed by atoms with van der Waals surface area (Å²) < 4.78 is 6.27. The number of hydrogen-bond acceptors (Lipinski definition) is 2. The Kier molecular flexibility index (Phi) is 2.72. The van der Waals surface area contributed by atoms with Gasteiger partial charge in [-0.25, -0.2) is 4.79 Å². The van der Waals surface area contributed by atoms with Crippen LogP contribution in [0.1, 0.15) is 13.3 Å². The average molecular weight is 153 g/mol. The molecule has 0 saturated heterocycles. The Hall–Kier alpha value is -1.25. The lowest BCUT2D eigenvalue weighted by molar-refractivity contribution is 0.148. The zero-order chi connectivity index (χ0) is 8.10. The lowest BCUT2D eigenvalue weighted by Gasteiger charge is -2.01. The molecule has 0 spiro atoms. The van der Waals surface area contributed by atoms with Gasteiger partial charge < -0.3 is 4.74 Å². The summed E-state index contributed by atoms with van der Waals surface area (Å²) in [7, 11) is 0. The Morgan fingerprint density at radius 1 is 1.45 bits per heavy atom. The standard InChI is InChI=1S/C8H11NO2/c1-2-7-11-8(10)9-5-3-4-6-9/h3-6H,2,7H2,1H3. The minimum atomic E-state index is -0.308. The molecule has 0 fully saturated rings. The molecule has 1 heterocycles. The van der Waals surface area contributed by atoms with Gasteiger partial charge >= 0.3 is 6.09 Å². The lowest BCUT2D eigenvalue weighted by atomic mass is 10.5. The van der Waals surface area contributed by atoms with E-state index >= 15 is 0 Å². The minimum Gasteiger partial charge on any atom is -0.449 e. The van der Waals surface area contributed by atoms with E-state index in [2.05, 4.69) is 0 Å². The third-order valence-corrected chi connectivity index (χ3v) is 1.24. The van der Waals surface area contributed by atoms with Crippen LogP contribution in [0, 0.1) is 0 Å². The number of aromatic nitrogens is 1. The number of nitrogens with zero attached hydrogens (tertiary/aromatic N) is 1. The van der Waals surface area contributed by atoms with Crippen molar-refractivity contribution in [1.29, 1.82) is 0 Å². The van der Waals surface area contributed by atoms with Crippen LogP contribution in [0.4, 0.5) is 4.79 Å². The summed E-state index contributed by atoms with van der Waals surface area (Å²) in [4.78, 5) is 11.0. The molecule has 0 N–H and O–H groups in total. The van der Waals surface area contributed by atoms with Crippen molar-refractivity contribution in [3.63, 3.8) is 0 Å². The Balaban J connectivity index is 2.43. The number of carbonyl (C=O) groups is 1. The molecule has 0 aliphatic carbocycles. The quantitative estimate of drug-likeness (QED) is 0.649. The molecule has 60 valence electrons. The van der Waals surface area contributed by atoms with Gasteiger partial charge in [0.15, 0.2) is 0 Å². The molecule has 0 atom stereocenters. The molecule has 1 aromatic rings. The first-order valence-corrected chi connectivity index (χ1v) is 3.64. The van der Waals surface area contributed by atoms with Crippen molar-refractivity contribution >= 4 is 6.09 Å². The lowest BCUT2D eigenvalue weighted by Crippen LogP contribution is -2.11. The zero-order valence-electron chi connectivity index (χ0n) is 6.49. The van der Waals surface area contributed by atoms with E-state index in [0.717, 1.165) is 6.42 Å². The summed E-state index contributed by atoms with van der Waals surface area (Å²) in [6, 6.07) is 3.57. The number of carbonyl (C=O) groups excluding carboxylic acids is 1. The van der Waals surface area contributed by atoms with E-state index in [-0.39, 0.29) is 6.09 Å². The smallest absolute Gasteiger partial charge is 0.417 e. The van der Waals surface area contributed by atoms with Gasteiger partial charge in [-0.2, -0.15) is 0 Å². The van der Waals surface area contributed by atoms with Crippen LogP contribution in [0.3, 0.4) is 0 Å². The van der Waals surface area contributed by atoms with Crippen LogP contribution in [0.2, 0.25) is 0 Å². The summed E-state index contributed by atoms with van der Waals surface area (Å²) >= 11 is 0. The number of hydrogen-bond donors (Lipinski definition) is 0. The minimum absolute atomic E-state index is 0.308. The summed E-state index contributed by atoms with van der Waals surface area (Å²) in [5.41, 5.74) is 0. The van der Waals surface area contributed by atoms with Gasteiger partial charge in [-0.05, 0) is 18.6 Å². The van der Waals surface area contributed by atoms with Gasteiger partial charge in [0.2, 0.25) is 0 Å². The van der Waals surface area contributed by atoms with Crippen LogP contribution in [-0.4, -0.2) is 17.3 Å². The maximum absolute atomic E-state index is 11.0. The van der Waals surface area contributed by atoms with E-state index in [1.807, 2.05) is 6.92 Å². The Morgan fingerprint density at radius 3 is 2.64 bits per heavy atom. The summed E-state index contributed by atoms with van der Waals surface area (Å²) in [6.07, 6.45) is 3.88. The van der Waals surface area contributed by atoms with Gasteiger partial charge in [-0.3, -0.25) is 4.57 Å². The van der Waals surface area contributed by atoms with Crippen LogP contribution in [0.5, 0.6) is 0 Å². The Bertz CT molecular complexity index is 216. The number of ether oxygens (including phenoxy) is 1. The largest absolute Gasteiger partial charge is 0.449 e. The molecule has 0 aliphatic rings. The fraction of sp³-hybridized carbons (Fsp3) is 0.375. The fourth-order valence-corrected chi connectivity index (χ4v) is 0.720. The molecule has 0 saturated carbocycles. The maximum Gasteiger partial charge on any atom is 0.417 e. The zero-order valence-corrected chi connectivity index (χ0v) is 6.49. The van der Waals surface area contributed by atoms with E-state index < -0.39 is 0 Å². The highest BCUT2D eigenvalue weighted by atomic mass is 16.5. The molecular weight excluding hydrogens is 142 g/mol. The van der Waals surface area contributed by atoms with Gasteiger partial charge in [0, 0.05) is 12.4 Å². The van der Waals surface area contributed by atoms with E-state index in [1.165, 1.54) is 4.57 Å². The topological polar surface area (TPSA) is 31.2 Å². The van der Waals surface area contributed by atoms with Gasteiger partial charge in [0.1, 0.15) is 0 Å². The van der Waals surface area contributed by atoms with Crippen molar-refractivity contribution in [3.05, 3.63) is 24.5 Å². The average Bonchev–Trinajstić information content (AvgIpc) is 2.52. The highest BCUT2D eigenvalue weighted by Crippen LogP contribution is 1.93. The first kappa shape index (κ1) is 7.85. The van der Waals surface area contributed by atoms with Crippen LogP contribution in [-0.2, 0) is 4.74 Å². The molecular formula is C8H11NO2. The van der Waals surface area contributed by atoms with E-state index in [1.54, 1.807) is 24.5 Å². The normalized spacial score (nSPS) is 9.55. The van der Waals surface area contributed by atoms with Crippen molar-refractivity contribution in [1.82, 2.24) is 4.57 Å². The fourth-order valence-electron chi connectivity index (χ4n) is 0.720. The van der Waals surface area contributed by atoms with E-state index in [0.29, 0.717) is 6.61 Å². The first-order valence-electron chi connectivity index (χ1n) is 3.64. The maximum atomic E-state index is 11.0. The second-order valence-corrected chi connectivity index (χ2v) is 2.20. The molecule has 0 unspecified atom stereocenters. The molecule has 0 bridgehead atoms. The predicted octanol–water partition coefficient (Wildman–Crippen LogP) is 1.88. The molecule has 3 heteroatoms. The molecule has 11 heavy (non-hydrogen) atoms. The number of rotatable bonds is 2. The molecule has 0 aromatic carbocycles. The summed E-state index contributed by atoms with van der Waals surface area (Å²) in [5, 5.41) is 0. The molecule has 0 amide bonds. The van der Waals surface area contributed by atoms with Crippen LogP contribution >= 0.6 is 0 Å². The summed E-state index contributed by atoms with van der Waals surface area (Å²) in [6.45, 7) is 2.44. The summed E-state index contributed by atoms with van der Waals surface area (Å²) in [5.74, 6) is 0.